The van der Waals surface area contributed by atoms with Gasteiger partial charge < -0.3 is 0 Å². The Balaban J connectivity index is 1.66. The lowest BCUT2D eigenvalue weighted by Crippen LogP contribution is -2.40. The zero-order valence-electron chi connectivity index (χ0n) is 12.2. The predicted octanol–water partition coefficient (Wildman–Crippen LogP) is 3.89. The Bertz CT molecular complexity index is 535. The molecule has 1 saturated carbocycles. The summed E-state index contributed by atoms with van der Waals surface area (Å²) in [7, 11) is -3.08. The molecule has 1 aliphatic carbocycles. The molecule has 6 heteroatoms. The highest BCUT2D eigenvalue weighted by molar-refractivity contribution is 7.99. The van der Waals surface area contributed by atoms with Gasteiger partial charge >= 0.3 is 0 Å². The summed E-state index contributed by atoms with van der Waals surface area (Å²) in [4.78, 5) is 1.39. The van der Waals surface area contributed by atoms with E-state index in [0.29, 0.717) is 18.3 Å². The lowest BCUT2D eigenvalue weighted by Gasteiger charge is -2.28. The molecule has 0 aromatic carbocycles. The third-order valence-corrected chi connectivity index (χ3v) is 9.34. The maximum Gasteiger partial charge on any atom is 0.217 e. The number of hydrogen-bond acceptors (Lipinski definition) is 4. The minimum Gasteiger partial charge on any atom is -0.212 e. The van der Waals surface area contributed by atoms with Crippen molar-refractivity contribution in [3.8, 4) is 0 Å². The lowest BCUT2D eigenvalue weighted by atomic mass is 10.0. The van der Waals surface area contributed by atoms with E-state index in [1.807, 2.05) is 11.8 Å². The Labute approximate surface area is 136 Å². The van der Waals surface area contributed by atoms with E-state index in [-0.39, 0.29) is 5.25 Å². The highest BCUT2D eigenvalue weighted by Crippen LogP contribution is 2.38. The molecule has 1 aromatic rings. The first-order chi connectivity index (χ1) is 10.2. The van der Waals surface area contributed by atoms with Gasteiger partial charge in [-0.3, -0.25) is 0 Å². The summed E-state index contributed by atoms with van der Waals surface area (Å²) >= 11 is 3.70. The molecule has 0 amide bonds. The second-order valence-corrected chi connectivity index (χ2v) is 10.4. The van der Waals surface area contributed by atoms with E-state index in [1.165, 1.54) is 11.3 Å². The molecular weight excluding hydrogens is 322 g/mol. The van der Waals surface area contributed by atoms with E-state index < -0.39 is 10.0 Å². The van der Waals surface area contributed by atoms with Gasteiger partial charge in [0.05, 0.1) is 5.25 Å². The Kier molecular flexibility index (Phi) is 5.30. The van der Waals surface area contributed by atoms with Crippen LogP contribution in [0.1, 0.15) is 48.7 Å². The van der Waals surface area contributed by atoms with Crippen LogP contribution in [0.15, 0.2) is 17.5 Å². The van der Waals surface area contributed by atoms with E-state index >= 15 is 0 Å². The Hall–Kier alpha value is -0.0400. The van der Waals surface area contributed by atoms with Gasteiger partial charge in [0.2, 0.25) is 10.0 Å². The summed E-state index contributed by atoms with van der Waals surface area (Å²) in [5.41, 5.74) is 0. The molecule has 3 nitrogen and oxygen atoms in total. The average Bonchev–Trinajstić information content (AvgIpc) is 2.92. The van der Waals surface area contributed by atoms with E-state index in [4.69, 9.17) is 0 Å². The lowest BCUT2D eigenvalue weighted by molar-refractivity contribution is 0.399. The number of rotatable bonds is 3. The second-order valence-electron chi connectivity index (χ2n) is 5.87. The summed E-state index contributed by atoms with van der Waals surface area (Å²) in [6.45, 7) is 1.37. The standard InChI is InChI=1S/C15H23NO2S3/c17-21(18,13-5-2-1-3-6-13)16-9-8-15(20-12-10-16)14-7-4-11-19-14/h4,7,11,13,15H,1-3,5-6,8-10,12H2. The third kappa shape index (κ3) is 3.66. The summed E-state index contributed by atoms with van der Waals surface area (Å²) in [5, 5.41) is 2.46. The molecule has 2 aliphatic rings. The van der Waals surface area contributed by atoms with Crippen LogP contribution in [0.4, 0.5) is 0 Å². The predicted molar refractivity (Wildman–Crippen MR) is 91.5 cm³/mol. The van der Waals surface area contributed by atoms with Crippen molar-refractivity contribution in [1.29, 1.82) is 0 Å². The van der Waals surface area contributed by atoms with Crippen molar-refractivity contribution in [3.63, 3.8) is 0 Å². The molecule has 0 spiro atoms. The highest BCUT2D eigenvalue weighted by atomic mass is 32.2. The van der Waals surface area contributed by atoms with Gasteiger partial charge in [0.15, 0.2) is 0 Å². The van der Waals surface area contributed by atoms with Crippen LogP contribution in [0, 0.1) is 0 Å². The molecule has 1 saturated heterocycles. The van der Waals surface area contributed by atoms with Crippen LogP contribution in [0.2, 0.25) is 0 Å². The maximum absolute atomic E-state index is 12.8. The van der Waals surface area contributed by atoms with Crippen molar-refractivity contribution in [2.45, 2.75) is 49.0 Å². The number of sulfonamides is 1. The first-order valence-electron chi connectivity index (χ1n) is 7.82. The summed E-state index contributed by atoms with van der Waals surface area (Å²) in [6, 6.07) is 4.26. The monoisotopic (exact) mass is 345 g/mol. The van der Waals surface area contributed by atoms with Crippen LogP contribution in [-0.2, 0) is 10.0 Å². The highest BCUT2D eigenvalue weighted by Gasteiger charge is 2.34. The average molecular weight is 346 g/mol. The Morgan fingerprint density at radius 2 is 1.90 bits per heavy atom. The minimum absolute atomic E-state index is 0.116. The van der Waals surface area contributed by atoms with Gasteiger partial charge in [0.1, 0.15) is 0 Å². The van der Waals surface area contributed by atoms with Gasteiger partial charge in [0, 0.05) is 29.0 Å². The molecule has 1 unspecified atom stereocenters. The third-order valence-electron chi connectivity index (χ3n) is 4.49. The van der Waals surface area contributed by atoms with Crippen LogP contribution in [0.5, 0.6) is 0 Å². The first kappa shape index (κ1) is 15.8. The molecule has 1 atom stereocenters. The van der Waals surface area contributed by atoms with Crippen molar-refractivity contribution in [2.75, 3.05) is 18.8 Å². The molecule has 0 N–H and O–H groups in total. The topological polar surface area (TPSA) is 37.4 Å². The van der Waals surface area contributed by atoms with Gasteiger partial charge in [-0.25, -0.2) is 12.7 Å². The zero-order valence-corrected chi connectivity index (χ0v) is 14.7. The van der Waals surface area contributed by atoms with Crippen LogP contribution in [-0.4, -0.2) is 36.8 Å². The van der Waals surface area contributed by atoms with Crippen molar-refractivity contribution in [3.05, 3.63) is 22.4 Å². The number of thiophene rings is 1. The molecule has 2 heterocycles. The molecule has 0 radical (unpaired) electrons. The smallest absolute Gasteiger partial charge is 0.212 e. The number of hydrogen-bond donors (Lipinski definition) is 0. The van der Waals surface area contributed by atoms with E-state index in [9.17, 15) is 8.42 Å². The molecule has 21 heavy (non-hydrogen) atoms. The molecule has 0 bridgehead atoms. The van der Waals surface area contributed by atoms with Crippen LogP contribution in [0.3, 0.4) is 0 Å². The Morgan fingerprint density at radius 1 is 1.10 bits per heavy atom. The zero-order chi connectivity index (χ0) is 14.7. The fourth-order valence-electron chi connectivity index (χ4n) is 3.28. The molecule has 1 aromatic heterocycles. The molecule has 3 rings (SSSR count). The van der Waals surface area contributed by atoms with Gasteiger partial charge in [-0.2, -0.15) is 11.8 Å². The van der Waals surface area contributed by atoms with Crippen LogP contribution >= 0.6 is 23.1 Å². The van der Waals surface area contributed by atoms with E-state index in [2.05, 4.69) is 17.5 Å². The van der Waals surface area contributed by atoms with Crippen molar-refractivity contribution in [2.24, 2.45) is 0 Å². The van der Waals surface area contributed by atoms with E-state index in [1.54, 1.807) is 15.6 Å². The SMILES string of the molecule is O=S(=O)(C1CCCCC1)N1CCSC(c2cccs2)CC1. The quantitative estimate of drug-likeness (QED) is 0.834. The molecule has 2 fully saturated rings. The fourth-order valence-corrected chi connectivity index (χ4v) is 7.69. The minimum atomic E-state index is -3.08. The second kappa shape index (κ2) is 7.02. The fraction of sp³-hybridized carbons (Fsp3) is 0.733. The summed E-state index contributed by atoms with van der Waals surface area (Å²) in [5.74, 6) is 0.911. The summed E-state index contributed by atoms with van der Waals surface area (Å²) < 4.78 is 27.4. The van der Waals surface area contributed by atoms with Gasteiger partial charge in [-0.05, 0) is 30.7 Å². The van der Waals surface area contributed by atoms with Gasteiger partial charge in [-0.15, -0.1) is 11.3 Å². The summed E-state index contributed by atoms with van der Waals surface area (Å²) in [6.07, 6.45) is 6.01. The van der Waals surface area contributed by atoms with Crippen molar-refractivity contribution < 1.29 is 8.42 Å². The maximum atomic E-state index is 12.8. The van der Waals surface area contributed by atoms with Crippen LogP contribution in [0.25, 0.3) is 0 Å². The Morgan fingerprint density at radius 3 is 2.62 bits per heavy atom. The largest absolute Gasteiger partial charge is 0.217 e. The van der Waals surface area contributed by atoms with Crippen molar-refractivity contribution in [1.82, 2.24) is 4.31 Å². The molecule has 118 valence electrons. The van der Waals surface area contributed by atoms with Crippen molar-refractivity contribution >= 4 is 33.1 Å². The number of nitrogens with zero attached hydrogens (tertiary/aromatic N) is 1. The molecular formula is C15H23NO2S3. The first-order valence-corrected chi connectivity index (χ1v) is 11.2. The number of thioether (sulfide) groups is 1. The normalized spacial score (nSPS) is 26.6. The molecule has 1 aliphatic heterocycles. The van der Waals surface area contributed by atoms with E-state index in [0.717, 1.165) is 37.9 Å². The van der Waals surface area contributed by atoms with Gasteiger partial charge in [0.25, 0.3) is 0 Å². The van der Waals surface area contributed by atoms with Crippen LogP contribution < -0.4 is 0 Å². The van der Waals surface area contributed by atoms with Gasteiger partial charge in [-0.1, -0.05) is 25.3 Å².